The van der Waals surface area contributed by atoms with Crippen LogP contribution in [-0.2, 0) is 0 Å². The van der Waals surface area contributed by atoms with Crippen LogP contribution in [0.1, 0.15) is 32.1 Å². The Morgan fingerprint density at radius 2 is 2.00 bits per heavy atom. The molecule has 1 aliphatic carbocycles. The summed E-state index contributed by atoms with van der Waals surface area (Å²) in [5, 5.41) is 8.63. The quantitative estimate of drug-likeness (QED) is 0.468. The van der Waals surface area contributed by atoms with Gasteiger partial charge < -0.3 is 0 Å². The molecule has 0 heterocycles. The fourth-order valence-corrected chi connectivity index (χ4v) is 1.29. The topological polar surface area (TPSA) is 23.8 Å². The summed E-state index contributed by atoms with van der Waals surface area (Å²) in [5.74, 6) is 0.324. The normalized spacial score (nSPS) is 29.7. The average molecular weight is 135 g/mol. The minimum Gasteiger partial charge on any atom is -0.198 e. The van der Waals surface area contributed by atoms with Gasteiger partial charge in [-0.05, 0) is 32.1 Å². The van der Waals surface area contributed by atoms with Crippen molar-refractivity contribution < 1.29 is 0 Å². The molecule has 0 aromatic rings. The van der Waals surface area contributed by atoms with Crippen molar-refractivity contribution >= 4 is 0 Å². The molecule has 1 heteroatoms. The minimum atomic E-state index is 0.324. The van der Waals surface area contributed by atoms with Crippen LogP contribution in [0.4, 0.5) is 0 Å². The predicted octanol–water partition coefficient (Wildman–Crippen LogP) is 2.65. The SMILES string of the molecule is N#CC1CC/C=C/CCC1. The molecule has 0 radical (unpaired) electrons. The maximum atomic E-state index is 8.63. The van der Waals surface area contributed by atoms with Gasteiger partial charge >= 0.3 is 0 Å². The van der Waals surface area contributed by atoms with Gasteiger partial charge in [0.1, 0.15) is 0 Å². The van der Waals surface area contributed by atoms with Crippen LogP contribution < -0.4 is 0 Å². The van der Waals surface area contributed by atoms with Crippen LogP contribution >= 0.6 is 0 Å². The third-order valence-corrected chi connectivity index (χ3v) is 1.95. The highest BCUT2D eigenvalue weighted by Crippen LogP contribution is 2.17. The second kappa shape index (κ2) is 4.11. The molecule has 54 valence electrons. The zero-order valence-corrected chi connectivity index (χ0v) is 6.21. The third kappa shape index (κ3) is 2.23. The van der Waals surface area contributed by atoms with Gasteiger partial charge in [0.25, 0.3) is 0 Å². The van der Waals surface area contributed by atoms with Crippen molar-refractivity contribution in [2.24, 2.45) is 5.92 Å². The number of hydrogen-bond donors (Lipinski definition) is 0. The highest BCUT2D eigenvalue weighted by molar-refractivity contribution is 4.90. The van der Waals surface area contributed by atoms with E-state index in [9.17, 15) is 0 Å². The Morgan fingerprint density at radius 3 is 2.80 bits per heavy atom. The molecular weight excluding hydrogens is 122 g/mol. The van der Waals surface area contributed by atoms with Crippen LogP contribution in [0.3, 0.4) is 0 Å². The molecule has 1 aliphatic rings. The average Bonchev–Trinajstić information content (AvgIpc) is 1.87. The molecule has 0 bridgehead atoms. The molecule has 1 rings (SSSR count). The second-order valence-corrected chi connectivity index (χ2v) is 2.81. The predicted molar refractivity (Wildman–Crippen MR) is 41.3 cm³/mol. The lowest BCUT2D eigenvalue weighted by molar-refractivity contribution is 0.531. The van der Waals surface area contributed by atoms with Crippen molar-refractivity contribution in [1.29, 1.82) is 5.26 Å². The summed E-state index contributed by atoms with van der Waals surface area (Å²) in [6.45, 7) is 0. The van der Waals surface area contributed by atoms with Gasteiger partial charge in [-0.25, -0.2) is 0 Å². The van der Waals surface area contributed by atoms with E-state index in [1.54, 1.807) is 0 Å². The molecule has 0 spiro atoms. The molecule has 1 unspecified atom stereocenters. The Hall–Kier alpha value is -0.770. The summed E-state index contributed by atoms with van der Waals surface area (Å²) < 4.78 is 0. The second-order valence-electron chi connectivity index (χ2n) is 2.81. The lowest BCUT2D eigenvalue weighted by Crippen LogP contribution is -1.97. The van der Waals surface area contributed by atoms with E-state index in [0.717, 1.165) is 25.7 Å². The molecule has 0 aliphatic heterocycles. The zero-order chi connectivity index (χ0) is 7.23. The fraction of sp³-hybridized carbons (Fsp3) is 0.667. The van der Waals surface area contributed by atoms with Crippen LogP contribution in [0.25, 0.3) is 0 Å². The highest BCUT2D eigenvalue weighted by atomic mass is 14.3. The van der Waals surface area contributed by atoms with E-state index >= 15 is 0 Å². The maximum Gasteiger partial charge on any atom is 0.0655 e. The summed E-state index contributed by atoms with van der Waals surface area (Å²) in [4.78, 5) is 0. The minimum absolute atomic E-state index is 0.324. The molecule has 0 fully saturated rings. The van der Waals surface area contributed by atoms with E-state index in [0.29, 0.717) is 5.92 Å². The van der Waals surface area contributed by atoms with Gasteiger partial charge in [0.15, 0.2) is 0 Å². The molecule has 0 N–H and O–H groups in total. The van der Waals surface area contributed by atoms with Crippen molar-refractivity contribution in [2.75, 3.05) is 0 Å². The molecule has 1 nitrogen and oxygen atoms in total. The number of rotatable bonds is 0. The smallest absolute Gasteiger partial charge is 0.0655 e. The van der Waals surface area contributed by atoms with Crippen molar-refractivity contribution in [3.05, 3.63) is 12.2 Å². The summed E-state index contributed by atoms with van der Waals surface area (Å²) >= 11 is 0. The molecular formula is C9H13N. The largest absolute Gasteiger partial charge is 0.198 e. The first-order chi connectivity index (χ1) is 4.93. The van der Waals surface area contributed by atoms with Gasteiger partial charge in [-0.1, -0.05) is 12.2 Å². The van der Waals surface area contributed by atoms with Gasteiger partial charge in [-0.15, -0.1) is 0 Å². The van der Waals surface area contributed by atoms with Gasteiger partial charge in [0, 0.05) is 5.92 Å². The number of hydrogen-bond acceptors (Lipinski definition) is 1. The lowest BCUT2D eigenvalue weighted by atomic mass is 9.96. The Labute approximate surface area is 62.4 Å². The Morgan fingerprint density at radius 1 is 1.20 bits per heavy atom. The molecule has 0 amide bonds. The Balaban J connectivity index is 2.36. The summed E-state index contributed by atoms with van der Waals surface area (Å²) in [5.41, 5.74) is 0. The Kier molecular flexibility index (Phi) is 3.02. The summed E-state index contributed by atoms with van der Waals surface area (Å²) in [6.07, 6.45) is 10.0. The lowest BCUT2D eigenvalue weighted by Gasteiger charge is -2.07. The van der Waals surface area contributed by atoms with E-state index in [1.807, 2.05) is 0 Å². The monoisotopic (exact) mass is 135 g/mol. The van der Waals surface area contributed by atoms with Gasteiger partial charge in [0.2, 0.25) is 0 Å². The molecule has 0 aromatic heterocycles. The van der Waals surface area contributed by atoms with Crippen LogP contribution in [0.2, 0.25) is 0 Å². The van der Waals surface area contributed by atoms with Gasteiger partial charge in [-0.2, -0.15) is 5.26 Å². The third-order valence-electron chi connectivity index (χ3n) is 1.95. The van der Waals surface area contributed by atoms with E-state index in [4.69, 9.17) is 5.26 Å². The molecule has 10 heavy (non-hydrogen) atoms. The van der Waals surface area contributed by atoms with E-state index < -0.39 is 0 Å². The van der Waals surface area contributed by atoms with Crippen molar-refractivity contribution in [3.63, 3.8) is 0 Å². The molecule has 0 aromatic carbocycles. The first kappa shape index (κ1) is 7.34. The van der Waals surface area contributed by atoms with E-state index in [1.165, 1.54) is 6.42 Å². The number of allylic oxidation sites excluding steroid dienone is 2. The first-order valence-electron chi connectivity index (χ1n) is 3.98. The van der Waals surface area contributed by atoms with Crippen molar-refractivity contribution in [2.45, 2.75) is 32.1 Å². The molecule has 0 saturated carbocycles. The number of nitriles is 1. The Bertz CT molecular complexity index is 153. The van der Waals surface area contributed by atoms with Crippen LogP contribution in [0.5, 0.6) is 0 Å². The summed E-state index contributed by atoms with van der Waals surface area (Å²) in [6, 6.07) is 2.34. The van der Waals surface area contributed by atoms with Crippen LogP contribution in [0, 0.1) is 17.2 Å². The standard InChI is InChI=1S/C9H13N/c10-8-9-6-4-2-1-3-5-7-9/h1-2,9H,3-7H2/b2-1+. The van der Waals surface area contributed by atoms with Crippen LogP contribution in [0.15, 0.2) is 12.2 Å². The first-order valence-corrected chi connectivity index (χ1v) is 3.98. The van der Waals surface area contributed by atoms with Gasteiger partial charge in [0.05, 0.1) is 6.07 Å². The maximum absolute atomic E-state index is 8.63. The molecule has 1 atom stereocenters. The zero-order valence-electron chi connectivity index (χ0n) is 6.21. The fourth-order valence-electron chi connectivity index (χ4n) is 1.29. The van der Waals surface area contributed by atoms with Crippen molar-refractivity contribution in [3.8, 4) is 6.07 Å². The highest BCUT2D eigenvalue weighted by Gasteiger charge is 2.06. The van der Waals surface area contributed by atoms with E-state index in [-0.39, 0.29) is 0 Å². The van der Waals surface area contributed by atoms with Crippen LogP contribution in [-0.4, -0.2) is 0 Å². The van der Waals surface area contributed by atoms with E-state index in [2.05, 4.69) is 18.2 Å². The summed E-state index contributed by atoms with van der Waals surface area (Å²) in [7, 11) is 0. The number of nitrogens with zero attached hydrogens (tertiary/aromatic N) is 1. The molecule has 0 saturated heterocycles. The van der Waals surface area contributed by atoms with Crippen molar-refractivity contribution in [1.82, 2.24) is 0 Å². The van der Waals surface area contributed by atoms with Gasteiger partial charge in [-0.3, -0.25) is 0 Å².